The first kappa shape index (κ1) is 15.8. The summed E-state index contributed by atoms with van der Waals surface area (Å²) in [5, 5.41) is 3.27. The molecule has 1 heterocycles. The highest BCUT2D eigenvalue weighted by molar-refractivity contribution is 5.81. The van der Waals surface area contributed by atoms with Crippen molar-refractivity contribution in [2.24, 2.45) is 0 Å². The minimum absolute atomic E-state index is 0.0389. The fraction of sp³-hybridized carbons (Fsp3) is 0.562. The molecule has 0 bridgehead atoms. The van der Waals surface area contributed by atoms with Gasteiger partial charge in [-0.05, 0) is 37.6 Å². The van der Waals surface area contributed by atoms with E-state index < -0.39 is 0 Å². The molecule has 1 unspecified atom stereocenters. The van der Waals surface area contributed by atoms with Crippen LogP contribution in [0.3, 0.4) is 0 Å². The molecule has 1 amide bonds. The first-order valence-corrected chi connectivity index (χ1v) is 7.54. The van der Waals surface area contributed by atoms with E-state index in [4.69, 9.17) is 0 Å². The van der Waals surface area contributed by atoms with E-state index in [2.05, 4.69) is 5.32 Å². The maximum Gasteiger partial charge on any atom is 0.241 e. The van der Waals surface area contributed by atoms with Crippen LogP contribution in [0.25, 0.3) is 0 Å². The lowest BCUT2D eigenvalue weighted by Crippen LogP contribution is -2.34. The van der Waals surface area contributed by atoms with Gasteiger partial charge in [0.2, 0.25) is 5.91 Å². The summed E-state index contributed by atoms with van der Waals surface area (Å²) in [5.41, 5.74) is 1.45. The molecule has 4 nitrogen and oxygen atoms in total. The van der Waals surface area contributed by atoms with Crippen LogP contribution in [0.4, 0.5) is 10.1 Å². The number of benzene rings is 1. The molecule has 0 aliphatic carbocycles. The average Bonchev–Trinajstić information content (AvgIpc) is 2.61. The molecule has 1 aromatic carbocycles. The third-order valence-corrected chi connectivity index (χ3v) is 4.00. The second-order valence-corrected chi connectivity index (χ2v) is 5.58. The SMILES string of the molecule is CCNC(C)c1ccc(N2CCCN(C)C(=O)C2)c(F)c1. The van der Waals surface area contributed by atoms with E-state index >= 15 is 0 Å². The van der Waals surface area contributed by atoms with Crippen LogP contribution in [0.15, 0.2) is 18.2 Å². The number of nitrogens with zero attached hydrogens (tertiary/aromatic N) is 2. The zero-order valence-corrected chi connectivity index (χ0v) is 13.0. The van der Waals surface area contributed by atoms with Gasteiger partial charge in [-0.3, -0.25) is 4.79 Å². The normalized spacial score (nSPS) is 17.8. The molecule has 5 heteroatoms. The van der Waals surface area contributed by atoms with Gasteiger partial charge in [-0.1, -0.05) is 13.0 Å². The molecule has 1 N–H and O–H groups in total. The average molecular weight is 293 g/mol. The summed E-state index contributed by atoms with van der Waals surface area (Å²) in [4.78, 5) is 15.5. The number of nitrogens with one attached hydrogen (secondary N) is 1. The highest BCUT2D eigenvalue weighted by Gasteiger charge is 2.21. The predicted octanol–water partition coefficient (Wildman–Crippen LogP) is 2.16. The molecule has 1 saturated heterocycles. The topological polar surface area (TPSA) is 35.6 Å². The van der Waals surface area contributed by atoms with Crippen molar-refractivity contribution in [3.8, 4) is 0 Å². The maximum absolute atomic E-state index is 14.4. The molecule has 0 saturated carbocycles. The summed E-state index contributed by atoms with van der Waals surface area (Å²) in [6.07, 6.45) is 0.858. The molecule has 2 rings (SSSR count). The van der Waals surface area contributed by atoms with Gasteiger partial charge < -0.3 is 15.1 Å². The lowest BCUT2D eigenvalue weighted by Gasteiger charge is -2.23. The van der Waals surface area contributed by atoms with Crippen LogP contribution in [0, 0.1) is 5.82 Å². The number of rotatable bonds is 4. The van der Waals surface area contributed by atoms with Gasteiger partial charge in [0, 0.05) is 26.2 Å². The number of halogens is 1. The minimum Gasteiger partial charge on any atom is -0.360 e. The van der Waals surface area contributed by atoms with E-state index in [-0.39, 0.29) is 24.3 Å². The number of hydrogen-bond acceptors (Lipinski definition) is 3. The van der Waals surface area contributed by atoms with E-state index in [1.165, 1.54) is 0 Å². The summed E-state index contributed by atoms with van der Waals surface area (Å²) in [6, 6.07) is 5.42. The molecular formula is C16H24FN3O. The van der Waals surface area contributed by atoms with E-state index in [0.717, 1.165) is 25.1 Å². The van der Waals surface area contributed by atoms with Crippen molar-refractivity contribution in [1.82, 2.24) is 10.2 Å². The van der Waals surface area contributed by atoms with Crippen molar-refractivity contribution in [2.45, 2.75) is 26.3 Å². The molecule has 0 aromatic heterocycles. The zero-order valence-electron chi connectivity index (χ0n) is 13.0. The molecule has 0 radical (unpaired) electrons. The molecule has 21 heavy (non-hydrogen) atoms. The highest BCUT2D eigenvalue weighted by atomic mass is 19.1. The Labute approximate surface area is 125 Å². The Balaban J connectivity index is 2.18. The third kappa shape index (κ3) is 3.73. The Morgan fingerprint density at radius 2 is 2.14 bits per heavy atom. The fourth-order valence-electron chi connectivity index (χ4n) is 2.67. The lowest BCUT2D eigenvalue weighted by atomic mass is 10.1. The number of carbonyl (C=O) groups is 1. The largest absolute Gasteiger partial charge is 0.360 e. The Morgan fingerprint density at radius 1 is 1.38 bits per heavy atom. The van der Waals surface area contributed by atoms with Crippen molar-refractivity contribution < 1.29 is 9.18 Å². The first-order chi connectivity index (χ1) is 10.0. The molecule has 1 fully saturated rings. The van der Waals surface area contributed by atoms with Gasteiger partial charge in [-0.2, -0.15) is 0 Å². The van der Waals surface area contributed by atoms with Crippen LogP contribution in [0.2, 0.25) is 0 Å². The molecular weight excluding hydrogens is 269 g/mol. The van der Waals surface area contributed by atoms with E-state index in [9.17, 15) is 9.18 Å². The van der Waals surface area contributed by atoms with Crippen LogP contribution < -0.4 is 10.2 Å². The van der Waals surface area contributed by atoms with Crippen LogP contribution in [0.1, 0.15) is 31.9 Å². The molecule has 1 aliphatic heterocycles. The minimum atomic E-state index is -0.255. The van der Waals surface area contributed by atoms with Crippen LogP contribution >= 0.6 is 0 Å². The van der Waals surface area contributed by atoms with E-state index in [1.54, 1.807) is 24.1 Å². The molecule has 0 spiro atoms. The summed E-state index contributed by atoms with van der Waals surface area (Å²) >= 11 is 0. The van der Waals surface area contributed by atoms with Crippen LogP contribution in [0.5, 0.6) is 0 Å². The second kappa shape index (κ2) is 6.89. The Morgan fingerprint density at radius 3 is 2.81 bits per heavy atom. The second-order valence-electron chi connectivity index (χ2n) is 5.58. The first-order valence-electron chi connectivity index (χ1n) is 7.54. The number of anilines is 1. The predicted molar refractivity (Wildman–Crippen MR) is 83.0 cm³/mol. The van der Waals surface area contributed by atoms with Crippen LogP contribution in [-0.4, -0.2) is 44.0 Å². The summed E-state index contributed by atoms with van der Waals surface area (Å²) < 4.78 is 14.4. The quantitative estimate of drug-likeness (QED) is 0.924. The smallest absolute Gasteiger partial charge is 0.241 e. The Kier molecular flexibility index (Phi) is 5.17. The van der Waals surface area contributed by atoms with E-state index in [0.29, 0.717) is 12.2 Å². The van der Waals surface area contributed by atoms with Crippen molar-refractivity contribution in [3.63, 3.8) is 0 Å². The van der Waals surface area contributed by atoms with Gasteiger partial charge in [0.1, 0.15) is 5.82 Å². The zero-order chi connectivity index (χ0) is 15.4. The highest BCUT2D eigenvalue weighted by Crippen LogP contribution is 2.24. The van der Waals surface area contributed by atoms with Gasteiger partial charge in [-0.25, -0.2) is 4.39 Å². The van der Waals surface area contributed by atoms with Gasteiger partial charge in [-0.15, -0.1) is 0 Å². The van der Waals surface area contributed by atoms with E-state index in [1.807, 2.05) is 24.8 Å². The van der Waals surface area contributed by atoms with Crippen molar-refractivity contribution in [1.29, 1.82) is 0 Å². The Bertz CT molecular complexity index is 506. The summed E-state index contributed by atoms with van der Waals surface area (Å²) in [7, 11) is 1.80. The van der Waals surface area contributed by atoms with Crippen LogP contribution in [-0.2, 0) is 4.79 Å². The monoisotopic (exact) mass is 293 g/mol. The molecule has 1 aromatic rings. The Hall–Kier alpha value is -1.62. The number of amides is 1. The molecule has 116 valence electrons. The lowest BCUT2D eigenvalue weighted by molar-refractivity contribution is -0.127. The van der Waals surface area contributed by atoms with Crippen molar-refractivity contribution >= 4 is 11.6 Å². The number of hydrogen-bond donors (Lipinski definition) is 1. The summed E-state index contributed by atoms with van der Waals surface area (Å²) in [6.45, 7) is 6.57. The van der Waals surface area contributed by atoms with Gasteiger partial charge in [0.05, 0.1) is 12.2 Å². The fourth-order valence-corrected chi connectivity index (χ4v) is 2.67. The van der Waals surface area contributed by atoms with Gasteiger partial charge >= 0.3 is 0 Å². The number of carbonyl (C=O) groups excluding carboxylic acids is 1. The molecule has 1 aliphatic rings. The van der Waals surface area contributed by atoms with Gasteiger partial charge in [0.25, 0.3) is 0 Å². The summed E-state index contributed by atoms with van der Waals surface area (Å²) in [5.74, 6) is -0.216. The third-order valence-electron chi connectivity index (χ3n) is 4.00. The van der Waals surface area contributed by atoms with Gasteiger partial charge in [0.15, 0.2) is 0 Å². The molecule has 1 atom stereocenters. The number of likely N-dealkylation sites (N-methyl/N-ethyl adjacent to an activating group) is 1. The maximum atomic E-state index is 14.4. The standard InChI is InChI=1S/C16H24FN3O/c1-4-18-12(2)13-6-7-15(14(17)10-13)20-9-5-8-19(3)16(21)11-20/h6-7,10,12,18H,4-5,8-9,11H2,1-3H3. The van der Waals surface area contributed by atoms with Crippen molar-refractivity contribution in [2.75, 3.05) is 38.1 Å². The van der Waals surface area contributed by atoms with Crippen molar-refractivity contribution in [3.05, 3.63) is 29.6 Å².